The maximum atomic E-state index is 13.0. The molecule has 6 heteroatoms. The van der Waals surface area contributed by atoms with Crippen molar-refractivity contribution < 1.29 is 9.53 Å². The molecule has 0 radical (unpaired) electrons. The number of aromatic nitrogens is 1. The summed E-state index contributed by atoms with van der Waals surface area (Å²) >= 11 is 0. The lowest BCUT2D eigenvalue weighted by Crippen LogP contribution is -2.36. The van der Waals surface area contributed by atoms with Crippen LogP contribution in [-0.4, -0.2) is 62.2 Å². The molecule has 0 N–H and O–H groups in total. The van der Waals surface area contributed by atoms with Gasteiger partial charge in [-0.05, 0) is 36.6 Å². The molecule has 148 valence electrons. The Bertz CT molecular complexity index is 814. The molecule has 6 nitrogen and oxygen atoms in total. The number of morpholine rings is 1. The minimum absolute atomic E-state index is 0.0497. The van der Waals surface area contributed by atoms with Gasteiger partial charge in [-0.3, -0.25) is 9.78 Å². The number of ether oxygens (including phenoxy) is 1. The first-order valence-electron chi connectivity index (χ1n) is 10.1. The number of carbonyl (C=O) groups is 1. The summed E-state index contributed by atoms with van der Waals surface area (Å²) in [7, 11) is 1.85. The maximum absolute atomic E-state index is 13.0. The molecule has 3 heterocycles. The van der Waals surface area contributed by atoms with Crippen molar-refractivity contribution in [3.05, 3.63) is 53.9 Å². The molecular weight excluding hydrogens is 352 g/mol. The van der Waals surface area contributed by atoms with Gasteiger partial charge in [0.2, 0.25) is 0 Å². The fourth-order valence-corrected chi connectivity index (χ4v) is 3.99. The number of benzene rings is 1. The third-order valence-electron chi connectivity index (χ3n) is 5.53. The van der Waals surface area contributed by atoms with Crippen molar-refractivity contribution in [1.29, 1.82) is 0 Å². The number of hydrogen-bond donors (Lipinski definition) is 0. The van der Waals surface area contributed by atoms with E-state index in [1.807, 2.05) is 25.2 Å². The molecule has 28 heavy (non-hydrogen) atoms. The topological polar surface area (TPSA) is 48.9 Å². The molecule has 2 aromatic rings. The van der Waals surface area contributed by atoms with Crippen LogP contribution in [0.4, 0.5) is 11.4 Å². The quantitative estimate of drug-likeness (QED) is 0.798. The Balaban J connectivity index is 1.48. The molecule has 2 aliphatic heterocycles. The Hall–Kier alpha value is -2.60. The summed E-state index contributed by atoms with van der Waals surface area (Å²) in [6.07, 6.45) is 4.20. The normalized spacial score (nSPS) is 17.0. The third-order valence-corrected chi connectivity index (χ3v) is 5.53. The van der Waals surface area contributed by atoms with E-state index in [0.29, 0.717) is 12.2 Å². The second kappa shape index (κ2) is 8.61. The molecule has 0 unspecified atom stereocenters. The summed E-state index contributed by atoms with van der Waals surface area (Å²) in [6, 6.07) is 12.3. The molecule has 1 aromatic carbocycles. The summed E-state index contributed by atoms with van der Waals surface area (Å²) < 4.78 is 5.42. The lowest BCUT2D eigenvalue weighted by Gasteiger charge is -2.29. The minimum Gasteiger partial charge on any atom is -0.378 e. The monoisotopic (exact) mass is 380 g/mol. The SMILES string of the molecule is CN(Cc1ccccc1N1CCCC1)C(=O)c1cc(N2CCOCC2)ccn1. The number of pyridine rings is 1. The summed E-state index contributed by atoms with van der Waals surface area (Å²) in [5, 5.41) is 0. The zero-order valence-electron chi connectivity index (χ0n) is 16.5. The Morgan fingerprint density at radius 3 is 2.61 bits per heavy atom. The minimum atomic E-state index is -0.0497. The van der Waals surface area contributed by atoms with Crippen LogP contribution in [0.5, 0.6) is 0 Å². The van der Waals surface area contributed by atoms with E-state index in [2.05, 4.69) is 33.0 Å². The largest absolute Gasteiger partial charge is 0.378 e. The number of para-hydroxylation sites is 1. The highest BCUT2D eigenvalue weighted by atomic mass is 16.5. The van der Waals surface area contributed by atoms with Crippen LogP contribution in [0.15, 0.2) is 42.6 Å². The first-order valence-corrected chi connectivity index (χ1v) is 10.1. The number of rotatable bonds is 5. The molecule has 0 saturated carbocycles. The molecular formula is C22H28N4O2. The summed E-state index contributed by atoms with van der Waals surface area (Å²) in [4.78, 5) is 23.8. The van der Waals surface area contributed by atoms with E-state index in [-0.39, 0.29) is 5.91 Å². The summed E-state index contributed by atoms with van der Waals surface area (Å²) in [6.45, 7) is 5.90. The number of anilines is 2. The van der Waals surface area contributed by atoms with Gasteiger partial charge in [-0.25, -0.2) is 0 Å². The molecule has 0 bridgehead atoms. The van der Waals surface area contributed by atoms with E-state index in [0.717, 1.165) is 45.1 Å². The second-order valence-corrected chi connectivity index (χ2v) is 7.48. The predicted octanol–water partition coefficient (Wildman–Crippen LogP) is 2.79. The Morgan fingerprint density at radius 2 is 1.82 bits per heavy atom. The van der Waals surface area contributed by atoms with Gasteiger partial charge in [0.1, 0.15) is 5.69 Å². The van der Waals surface area contributed by atoms with Gasteiger partial charge in [0, 0.05) is 57.3 Å². The van der Waals surface area contributed by atoms with E-state index >= 15 is 0 Å². The smallest absolute Gasteiger partial charge is 0.272 e. The number of hydrogen-bond acceptors (Lipinski definition) is 5. The van der Waals surface area contributed by atoms with Crippen molar-refractivity contribution in [2.45, 2.75) is 19.4 Å². The number of carbonyl (C=O) groups excluding carboxylic acids is 1. The lowest BCUT2D eigenvalue weighted by molar-refractivity contribution is 0.0779. The van der Waals surface area contributed by atoms with Gasteiger partial charge in [-0.2, -0.15) is 0 Å². The highest BCUT2D eigenvalue weighted by Gasteiger charge is 2.20. The fraction of sp³-hybridized carbons (Fsp3) is 0.455. The van der Waals surface area contributed by atoms with Crippen molar-refractivity contribution in [3.8, 4) is 0 Å². The van der Waals surface area contributed by atoms with Gasteiger partial charge in [0.25, 0.3) is 5.91 Å². The zero-order chi connectivity index (χ0) is 19.3. The van der Waals surface area contributed by atoms with Crippen LogP contribution >= 0.6 is 0 Å². The average Bonchev–Trinajstić information content (AvgIpc) is 3.29. The van der Waals surface area contributed by atoms with Crippen molar-refractivity contribution in [3.63, 3.8) is 0 Å². The van der Waals surface area contributed by atoms with Gasteiger partial charge < -0.3 is 19.4 Å². The standard InChI is InChI=1S/C22H28N4O2/c1-24(17-18-6-2-3-7-21(18)26-10-4-5-11-26)22(27)20-16-19(8-9-23-20)25-12-14-28-15-13-25/h2-3,6-9,16H,4-5,10-15,17H2,1H3. The van der Waals surface area contributed by atoms with E-state index in [4.69, 9.17) is 4.74 Å². The van der Waals surface area contributed by atoms with Crippen molar-refractivity contribution >= 4 is 17.3 Å². The van der Waals surface area contributed by atoms with Gasteiger partial charge in [-0.15, -0.1) is 0 Å². The van der Waals surface area contributed by atoms with E-state index in [9.17, 15) is 4.79 Å². The first-order chi connectivity index (χ1) is 13.7. The highest BCUT2D eigenvalue weighted by Crippen LogP contribution is 2.26. The van der Waals surface area contributed by atoms with Crippen LogP contribution in [0.1, 0.15) is 28.9 Å². The Morgan fingerprint density at radius 1 is 1.07 bits per heavy atom. The molecule has 0 atom stereocenters. The van der Waals surface area contributed by atoms with Gasteiger partial charge in [0.15, 0.2) is 0 Å². The van der Waals surface area contributed by atoms with Gasteiger partial charge >= 0.3 is 0 Å². The maximum Gasteiger partial charge on any atom is 0.272 e. The molecule has 2 fully saturated rings. The van der Waals surface area contributed by atoms with E-state index in [1.54, 1.807) is 11.1 Å². The van der Waals surface area contributed by atoms with Crippen molar-refractivity contribution in [1.82, 2.24) is 9.88 Å². The highest BCUT2D eigenvalue weighted by molar-refractivity contribution is 5.93. The zero-order valence-corrected chi connectivity index (χ0v) is 16.5. The summed E-state index contributed by atoms with van der Waals surface area (Å²) in [5.74, 6) is -0.0497. The second-order valence-electron chi connectivity index (χ2n) is 7.48. The van der Waals surface area contributed by atoms with Crippen LogP contribution < -0.4 is 9.80 Å². The number of nitrogens with zero attached hydrogens (tertiary/aromatic N) is 4. The first kappa shape index (κ1) is 18.7. The van der Waals surface area contributed by atoms with Crippen LogP contribution in [0.3, 0.4) is 0 Å². The lowest BCUT2D eigenvalue weighted by atomic mass is 10.1. The van der Waals surface area contributed by atoms with E-state index < -0.39 is 0 Å². The van der Waals surface area contributed by atoms with Crippen LogP contribution in [-0.2, 0) is 11.3 Å². The molecule has 2 saturated heterocycles. The molecule has 1 amide bonds. The molecule has 0 spiro atoms. The molecule has 0 aliphatic carbocycles. The van der Waals surface area contributed by atoms with E-state index in [1.165, 1.54) is 24.1 Å². The molecule has 1 aromatic heterocycles. The fourth-order valence-electron chi connectivity index (χ4n) is 3.99. The summed E-state index contributed by atoms with van der Waals surface area (Å²) in [5.41, 5.74) is 3.96. The Kier molecular flexibility index (Phi) is 5.76. The molecule has 2 aliphatic rings. The third kappa shape index (κ3) is 4.12. The van der Waals surface area contributed by atoms with Crippen molar-refractivity contribution in [2.24, 2.45) is 0 Å². The van der Waals surface area contributed by atoms with Crippen LogP contribution in [0.2, 0.25) is 0 Å². The van der Waals surface area contributed by atoms with Crippen LogP contribution in [0.25, 0.3) is 0 Å². The van der Waals surface area contributed by atoms with Crippen LogP contribution in [0, 0.1) is 0 Å². The van der Waals surface area contributed by atoms with Gasteiger partial charge in [0.05, 0.1) is 13.2 Å². The molecule has 4 rings (SSSR count). The van der Waals surface area contributed by atoms with Crippen molar-refractivity contribution in [2.75, 3.05) is 56.2 Å². The number of amides is 1. The predicted molar refractivity (Wildman–Crippen MR) is 111 cm³/mol. The Labute approximate surface area is 166 Å². The van der Waals surface area contributed by atoms with Gasteiger partial charge in [-0.1, -0.05) is 18.2 Å². The average molecular weight is 380 g/mol.